The van der Waals surface area contributed by atoms with E-state index in [1.165, 1.54) is 19.1 Å². The molecule has 9 rings (SSSR count). The van der Waals surface area contributed by atoms with Crippen molar-refractivity contribution in [3.05, 3.63) is 200 Å². The fourth-order valence-corrected chi connectivity index (χ4v) is 11.0. The van der Waals surface area contributed by atoms with Crippen LogP contribution < -0.4 is 47.2 Å². The second-order valence-electron chi connectivity index (χ2n) is 21.4. The summed E-state index contributed by atoms with van der Waals surface area (Å²) >= 11 is 5.84. The maximum Gasteiger partial charge on any atom is 0.423 e. The van der Waals surface area contributed by atoms with Crippen molar-refractivity contribution >= 4 is 113 Å². The van der Waals surface area contributed by atoms with Gasteiger partial charge in [0.15, 0.2) is 0 Å². The van der Waals surface area contributed by atoms with E-state index in [0.29, 0.717) is 56.6 Å². The Morgan fingerprint density at radius 1 is 0.467 bits per heavy atom. The summed E-state index contributed by atoms with van der Waals surface area (Å²) in [5, 5.41) is 26.7. The van der Waals surface area contributed by atoms with Gasteiger partial charge in [0, 0.05) is 74.6 Å². The lowest BCUT2D eigenvalue weighted by molar-refractivity contribution is -0.385. The van der Waals surface area contributed by atoms with E-state index in [0.717, 1.165) is 41.6 Å². The molecule has 6 aromatic carbocycles. The number of aryl methyl sites for hydroxylation is 3. The van der Waals surface area contributed by atoms with Gasteiger partial charge in [0.05, 0.1) is 9.95 Å². The van der Waals surface area contributed by atoms with Crippen molar-refractivity contribution in [2.75, 3.05) is 66.6 Å². The molecule has 3 aromatic heterocycles. The monoisotopic (exact) mass is 1360 g/mol. The molecule has 32 heteroatoms. The number of aromatic nitrogens is 6. The van der Waals surface area contributed by atoms with Crippen molar-refractivity contribution in [2.24, 2.45) is 0 Å². The predicted molar refractivity (Wildman–Crippen MR) is 339 cm³/mol. The lowest BCUT2D eigenvalue weighted by atomic mass is 10.1. The summed E-state index contributed by atoms with van der Waals surface area (Å²) in [5.41, 5.74) is 0.777. The third-order valence-corrected chi connectivity index (χ3v) is 17.7. The predicted octanol–water partition coefficient (Wildman–Crippen LogP) is 17.4. The van der Waals surface area contributed by atoms with Crippen molar-refractivity contribution in [3.63, 3.8) is 0 Å². The lowest BCUT2D eigenvalue weighted by Crippen LogP contribution is -2.13. The summed E-state index contributed by atoms with van der Waals surface area (Å²) in [5.74, 6) is -2.83. The van der Waals surface area contributed by atoms with Crippen molar-refractivity contribution in [3.8, 4) is 11.6 Å². The Bertz CT molecular complexity index is 4290. The van der Waals surface area contributed by atoms with Gasteiger partial charge in [-0.15, -0.1) is 0 Å². The molecule has 0 atom stereocenters. The van der Waals surface area contributed by atoms with E-state index in [4.69, 9.17) is 16.3 Å². The van der Waals surface area contributed by atoms with E-state index in [2.05, 4.69) is 56.5 Å². The second kappa shape index (κ2) is 28.3. The van der Waals surface area contributed by atoms with Gasteiger partial charge in [0.25, 0.3) is 5.69 Å². The first kappa shape index (κ1) is 70.5. The molecule has 0 aliphatic carbocycles. The molecule has 0 aliphatic rings. The number of nitro groups is 1. The van der Waals surface area contributed by atoms with E-state index >= 15 is 0 Å². The lowest BCUT2D eigenvalue weighted by Gasteiger charge is -2.16. The van der Waals surface area contributed by atoms with Gasteiger partial charge < -0.3 is 45.0 Å². The van der Waals surface area contributed by atoms with Crippen LogP contribution in [0.25, 0.3) is 0 Å². The first-order valence-electron chi connectivity index (χ1n) is 26.8. The van der Waals surface area contributed by atoms with Gasteiger partial charge >= 0.3 is 18.5 Å². The fraction of sp³-hybridized carbons (Fsp3) is 0.200. The summed E-state index contributed by atoms with van der Waals surface area (Å²) in [6.45, 7) is 15.1. The fourth-order valence-electron chi connectivity index (χ4n) is 8.15. The van der Waals surface area contributed by atoms with Crippen LogP contribution in [0, 0.1) is 36.7 Å². The maximum absolute atomic E-state index is 13.5. The van der Waals surface area contributed by atoms with Crippen LogP contribution in [0.15, 0.2) is 146 Å². The van der Waals surface area contributed by atoms with Crippen molar-refractivity contribution in [2.45, 2.75) is 39.3 Å². The normalized spacial score (nSPS) is 11.9. The zero-order valence-corrected chi connectivity index (χ0v) is 53.4. The number of halogens is 11. The number of hydrogen-bond donors (Lipinski definition) is 5. The van der Waals surface area contributed by atoms with Crippen LogP contribution in [-0.4, -0.2) is 74.8 Å². The molecular weight excluding hydrogens is 1300 g/mol. The van der Waals surface area contributed by atoms with Gasteiger partial charge in [-0.3, -0.25) is 10.1 Å². The van der Waals surface area contributed by atoms with Crippen molar-refractivity contribution in [1.29, 1.82) is 0 Å². The van der Waals surface area contributed by atoms with Crippen molar-refractivity contribution in [1.82, 2.24) is 29.9 Å². The highest BCUT2D eigenvalue weighted by Gasteiger charge is 2.38. The Hall–Kier alpha value is -8.96. The molecule has 0 radical (unpaired) electrons. The van der Waals surface area contributed by atoms with Crippen LogP contribution >= 0.6 is 33.0 Å². The number of hydrogen-bond acceptors (Lipinski definition) is 17. The zero-order chi connectivity index (χ0) is 67.9. The molecule has 0 saturated heterocycles. The topological polar surface area (TPSA) is 241 Å². The summed E-state index contributed by atoms with van der Waals surface area (Å²) in [6, 6.07) is 32.2. The summed E-state index contributed by atoms with van der Waals surface area (Å²) in [7, 11) is -7.29. The van der Waals surface area contributed by atoms with Crippen LogP contribution in [0.5, 0.6) is 11.6 Å². The van der Waals surface area contributed by atoms with Gasteiger partial charge in [-0.1, -0.05) is 23.7 Å². The minimum atomic E-state index is -4.79. The molecule has 92 heavy (non-hydrogen) atoms. The third kappa shape index (κ3) is 19.8. The first-order valence-corrected chi connectivity index (χ1v) is 35.0. The molecular formula is C60H56ClF10N12O6P3. The molecule has 3 heterocycles. The van der Waals surface area contributed by atoms with Crippen LogP contribution in [0.3, 0.4) is 0 Å². The van der Waals surface area contributed by atoms with E-state index in [9.17, 15) is 67.7 Å². The minimum Gasteiger partial charge on any atom is -0.437 e. The molecule has 9 aromatic rings. The quantitative estimate of drug-likeness (QED) is 0.0261. The molecule has 0 bridgehead atoms. The summed E-state index contributed by atoms with van der Waals surface area (Å²) < 4.78 is 175. The Morgan fingerprint density at radius 2 is 0.837 bits per heavy atom. The van der Waals surface area contributed by atoms with E-state index < -0.39 is 79.1 Å². The number of nitro benzene ring substituents is 1. The van der Waals surface area contributed by atoms with E-state index in [1.54, 1.807) is 125 Å². The largest absolute Gasteiger partial charge is 0.437 e. The number of benzene rings is 6. The zero-order valence-electron chi connectivity index (χ0n) is 49.9. The average Bonchev–Trinajstić information content (AvgIpc) is 1.28. The highest BCUT2D eigenvalue weighted by Crippen LogP contribution is 2.42. The van der Waals surface area contributed by atoms with E-state index in [-0.39, 0.29) is 45.8 Å². The van der Waals surface area contributed by atoms with Gasteiger partial charge in [0.1, 0.15) is 61.3 Å². The summed E-state index contributed by atoms with van der Waals surface area (Å²) in [6.07, 6.45) is -12.2. The Balaban J connectivity index is 0.000000196. The van der Waals surface area contributed by atoms with Gasteiger partial charge in [0.2, 0.25) is 23.7 Å². The highest BCUT2D eigenvalue weighted by atomic mass is 35.5. The molecule has 5 N–H and O–H groups in total. The van der Waals surface area contributed by atoms with Gasteiger partial charge in [-0.25, -0.2) is 19.3 Å². The maximum atomic E-state index is 13.5. The molecule has 18 nitrogen and oxygen atoms in total. The number of ether oxygens (including phenoxy) is 1. The molecule has 0 spiro atoms. The Morgan fingerprint density at radius 3 is 1.21 bits per heavy atom. The van der Waals surface area contributed by atoms with Crippen molar-refractivity contribution < 1.29 is 67.3 Å². The van der Waals surface area contributed by atoms with Crippen LogP contribution in [0.2, 0.25) is 5.02 Å². The SMILES string of the molecule is CP(C)(=O)c1ccc(Nc2ncc(C(F)(F)F)c(Oc3ccc(F)cc3Cl)n2)cc1.Cc1cc(C)cc(Nc2nc(Nc3ccc(P(C)(C)=O)cc3)ncc2C(F)(F)F)c1.Cc1ccc(Nc2nc(Nc3ccc(P(C)(C)=O)cc3)ncc2C(F)(F)F)cc1[N+](=O)[O-]. The molecule has 0 fully saturated rings. The average molecular weight is 1360 g/mol. The molecule has 0 unspecified atom stereocenters. The number of alkyl halides is 9. The highest BCUT2D eigenvalue weighted by molar-refractivity contribution is 7.70. The van der Waals surface area contributed by atoms with Crippen LogP contribution in [-0.2, 0) is 32.2 Å². The standard InChI is InChI=1S/C21H22F3N4OP.C20H19F3N5O3P.C19H15ClF4N3O2P/c1-13-9-14(2)11-16(10-13)26-19-18(21(22,23)24)12-25-20(28-19)27-15-5-7-17(8-6-15)30(3,4)29;1-12-4-5-14(10-17(12)28(29)30)25-18-16(20(21,22)23)11-24-19(27-18)26-13-6-8-15(9-7-13)32(2,3)31;1-30(2,28)13-6-4-12(5-7-13)26-18-25-10-14(19(22,23)24)17(27-18)29-16-8-3-11(21)9-15(16)20/h5-12H,1-4H3,(H2,25,26,27,28);4-11H,1-3H3,(H2,24,25,26,27);3-10H,1-2H3,(H,25,26,27). The van der Waals surface area contributed by atoms with E-state index in [1.807, 2.05) is 19.9 Å². The Labute approximate surface area is 525 Å². The number of rotatable bonds is 16. The molecule has 0 saturated carbocycles. The minimum absolute atomic E-state index is 0.0128. The molecule has 484 valence electrons. The Kier molecular flexibility index (Phi) is 21.7. The van der Waals surface area contributed by atoms with Gasteiger partial charge in [-0.2, -0.15) is 54.5 Å². The second-order valence-corrected chi connectivity index (χ2v) is 31.5. The van der Waals surface area contributed by atoms with Gasteiger partial charge in [-0.05, 0) is 181 Å². The number of nitrogens with zero attached hydrogens (tertiary/aromatic N) is 7. The summed E-state index contributed by atoms with van der Waals surface area (Å²) in [4.78, 5) is 33.5. The van der Waals surface area contributed by atoms with Crippen LogP contribution in [0.1, 0.15) is 33.4 Å². The van der Waals surface area contributed by atoms with Crippen LogP contribution in [0.4, 0.5) is 108 Å². The molecule has 0 aliphatic heterocycles. The number of anilines is 10. The smallest absolute Gasteiger partial charge is 0.423 e. The number of nitrogens with one attached hydrogen (secondary N) is 5. The molecule has 0 amide bonds. The third-order valence-electron chi connectivity index (χ3n) is 12.7. The first-order chi connectivity index (χ1) is 42.7.